The molecule has 0 atom stereocenters. The molecule has 158 valence electrons. The molecule has 0 spiro atoms. The normalized spacial score (nSPS) is 20.4. The number of hydrogen-bond acceptors (Lipinski definition) is 7. The number of amides is 1. The third kappa shape index (κ3) is 3.52. The SMILES string of the molecule is COc1nc(N[C@H]2C[C@](C)(NC(C)=O)C2)nc2[nH]cc(-c3ccc4nccnc4c3)c12. The Morgan fingerprint density at radius 1 is 1.19 bits per heavy atom. The monoisotopic (exact) mass is 417 g/mol. The molecule has 0 aliphatic heterocycles. The Balaban J connectivity index is 1.45. The fraction of sp³-hybridized carbons (Fsp3) is 0.318. The first-order chi connectivity index (χ1) is 14.9. The summed E-state index contributed by atoms with van der Waals surface area (Å²) in [5.74, 6) is 0.975. The molecule has 4 aromatic rings. The Bertz CT molecular complexity index is 1290. The fourth-order valence-corrected chi connectivity index (χ4v) is 4.41. The van der Waals surface area contributed by atoms with Gasteiger partial charge in [0.25, 0.3) is 0 Å². The van der Waals surface area contributed by atoms with E-state index in [1.165, 1.54) is 0 Å². The van der Waals surface area contributed by atoms with E-state index in [-0.39, 0.29) is 17.5 Å². The zero-order chi connectivity index (χ0) is 21.6. The van der Waals surface area contributed by atoms with Crippen LogP contribution in [0.5, 0.6) is 5.88 Å². The molecule has 0 unspecified atom stereocenters. The van der Waals surface area contributed by atoms with Crippen LogP contribution in [0.15, 0.2) is 36.8 Å². The highest BCUT2D eigenvalue weighted by atomic mass is 16.5. The number of carbonyl (C=O) groups is 1. The maximum atomic E-state index is 11.4. The molecule has 1 aliphatic rings. The summed E-state index contributed by atoms with van der Waals surface area (Å²) in [6, 6.07) is 6.13. The molecule has 0 bridgehead atoms. The van der Waals surface area contributed by atoms with Crippen molar-refractivity contribution in [1.82, 2.24) is 30.2 Å². The fourth-order valence-electron chi connectivity index (χ4n) is 4.41. The van der Waals surface area contributed by atoms with Gasteiger partial charge in [0, 0.05) is 42.7 Å². The van der Waals surface area contributed by atoms with E-state index in [1.807, 2.05) is 31.3 Å². The molecular weight excluding hydrogens is 394 g/mol. The van der Waals surface area contributed by atoms with Gasteiger partial charge >= 0.3 is 0 Å². The molecule has 0 radical (unpaired) electrons. The van der Waals surface area contributed by atoms with E-state index in [4.69, 9.17) is 4.74 Å². The van der Waals surface area contributed by atoms with Gasteiger partial charge in [0.05, 0.1) is 23.5 Å². The number of benzene rings is 1. The lowest BCUT2D eigenvalue weighted by atomic mass is 9.74. The number of hydrogen-bond donors (Lipinski definition) is 3. The highest BCUT2D eigenvalue weighted by molar-refractivity contribution is 5.99. The summed E-state index contributed by atoms with van der Waals surface area (Å²) in [5, 5.41) is 7.17. The van der Waals surface area contributed by atoms with Crippen LogP contribution in [0.2, 0.25) is 0 Å². The number of carbonyl (C=O) groups excluding carboxylic acids is 1. The molecule has 3 aromatic heterocycles. The molecule has 31 heavy (non-hydrogen) atoms. The van der Waals surface area contributed by atoms with Crippen molar-refractivity contribution in [3.8, 4) is 17.0 Å². The summed E-state index contributed by atoms with van der Waals surface area (Å²) in [7, 11) is 1.60. The predicted octanol–water partition coefficient (Wildman–Crippen LogP) is 3.05. The zero-order valence-corrected chi connectivity index (χ0v) is 17.6. The minimum Gasteiger partial charge on any atom is -0.480 e. The summed E-state index contributed by atoms with van der Waals surface area (Å²) in [4.78, 5) is 32.6. The second-order valence-corrected chi connectivity index (χ2v) is 8.23. The van der Waals surface area contributed by atoms with Gasteiger partial charge in [0.2, 0.25) is 17.7 Å². The standard InChI is InChI=1S/C22H23N7O2/c1-12(30)29-22(2)9-14(10-22)26-21-27-19-18(20(28-21)31-3)15(11-25-19)13-4-5-16-17(8-13)24-7-6-23-16/h4-8,11,14H,9-10H2,1-3H3,(H,29,30)(H2,25,26,27,28)/t14-,22-. The highest BCUT2D eigenvalue weighted by Gasteiger charge is 2.41. The van der Waals surface area contributed by atoms with Gasteiger partial charge in [-0.15, -0.1) is 0 Å². The molecule has 3 N–H and O–H groups in total. The number of aromatic nitrogens is 5. The van der Waals surface area contributed by atoms with Crippen molar-refractivity contribution in [3.05, 3.63) is 36.8 Å². The van der Waals surface area contributed by atoms with Crippen molar-refractivity contribution in [2.75, 3.05) is 12.4 Å². The van der Waals surface area contributed by atoms with Crippen LogP contribution in [-0.2, 0) is 4.79 Å². The van der Waals surface area contributed by atoms with Crippen molar-refractivity contribution < 1.29 is 9.53 Å². The summed E-state index contributed by atoms with van der Waals surface area (Å²) >= 11 is 0. The van der Waals surface area contributed by atoms with Gasteiger partial charge < -0.3 is 20.4 Å². The molecule has 5 rings (SSSR count). The largest absolute Gasteiger partial charge is 0.480 e. The van der Waals surface area contributed by atoms with Gasteiger partial charge in [-0.05, 0) is 37.5 Å². The van der Waals surface area contributed by atoms with Gasteiger partial charge in [0.15, 0.2) is 0 Å². The molecule has 9 heteroatoms. The van der Waals surface area contributed by atoms with Crippen LogP contribution in [-0.4, -0.2) is 49.5 Å². The van der Waals surface area contributed by atoms with Crippen molar-refractivity contribution in [1.29, 1.82) is 0 Å². The van der Waals surface area contributed by atoms with E-state index < -0.39 is 0 Å². The number of anilines is 1. The van der Waals surface area contributed by atoms with Crippen LogP contribution in [0.25, 0.3) is 33.2 Å². The molecule has 1 aromatic carbocycles. The van der Waals surface area contributed by atoms with Crippen molar-refractivity contribution >= 4 is 33.9 Å². The van der Waals surface area contributed by atoms with Crippen LogP contribution < -0.4 is 15.4 Å². The Kier molecular flexibility index (Phi) is 4.46. The van der Waals surface area contributed by atoms with Crippen LogP contribution in [0, 0.1) is 0 Å². The lowest BCUT2D eigenvalue weighted by Crippen LogP contribution is -2.59. The Labute approximate surface area is 178 Å². The van der Waals surface area contributed by atoms with E-state index >= 15 is 0 Å². The Morgan fingerprint density at radius 2 is 1.97 bits per heavy atom. The van der Waals surface area contributed by atoms with E-state index in [0.29, 0.717) is 17.5 Å². The quantitative estimate of drug-likeness (QED) is 0.457. The van der Waals surface area contributed by atoms with Gasteiger partial charge in [-0.25, -0.2) is 0 Å². The number of methoxy groups -OCH3 is 1. The second-order valence-electron chi connectivity index (χ2n) is 8.23. The molecule has 1 saturated carbocycles. The van der Waals surface area contributed by atoms with E-state index in [1.54, 1.807) is 26.4 Å². The van der Waals surface area contributed by atoms with Gasteiger partial charge in [0.1, 0.15) is 5.65 Å². The first kappa shape index (κ1) is 19.2. The molecule has 1 aliphatic carbocycles. The maximum absolute atomic E-state index is 11.4. The number of fused-ring (bicyclic) bond motifs is 2. The topological polar surface area (TPSA) is 118 Å². The van der Waals surface area contributed by atoms with Crippen LogP contribution >= 0.6 is 0 Å². The molecule has 9 nitrogen and oxygen atoms in total. The number of ether oxygens (including phenoxy) is 1. The van der Waals surface area contributed by atoms with Gasteiger partial charge in [-0.2, -0.15) is 9.97 Å². The third-order valence-corrected chi connectivity index (χ3v) is 5.68. The number of rotatable bonds is 5. The van der Waals surface area contributed by atoms with E-state index in [0.717, 1.165) is 40.4 Å². The molecule has 3 heterocycles. The summed E-state index contributed by atoms with van der Waals surface area (Å²) in [5.41, 5.74) is 4.08. The van der Waals surface area contributed by atoms with Crippen molar-refractivity contribution in [2.24, 2.45) is 0 Å². The summed E-state index contributed by atoms with van der Waals surface area (Å²) in [6.45, 7) is 3.58. The minimum absolute atomic E-state index is 0.0149. The molecule has 1 fully saturated rings. The molecule has 0 saturated heterocycles. The summed E-state index contributed by atoms with van der Waals surface area (Å²) in [6.07, 6.45) is 6.88. The van der Waals surface area contributed by atoms with Crippen molar-refractivity contribution in [3.63, 3.8) is 0 Å². The number of aromatic amines is 1. The second kappa shape index (κ2) is 7.19. The van der Waals surface area contributed by atoms with E-state index in [9.17, 15) is 4.79 Å². The highest BCUT2D eigenvalue weighted by Crippen LogP contribution is 2.37. The predicted molar refractivity (Wildman–Crippen MR) is 118 cm³/mol. The van der Waals surface area contributed by atoms with Gasteiger partial charge in [-0.3, -0.25) is 14.8 Å². The average Bonchev–Trinajstić information content (AvgIpc) is 3.15. The van der Waals surface area contributed by atoms with Crippen LogP contribution in [0.4, 0.5) is 5.95 Å². The maximum Gasteiger partial charge on any atom is 0.228 e. The third-order valence-electron chi connectivity index (χ3n) is 5.68. The van der Waals surface area contributed by atoms with Crippen molar-refractivity contribution in [2.45, 2.75) is 38.3 Å². The first-order valence-electron chi connectivity index (χ1n) is 10.1. The number of nitrogens with zero attached hydrogens (tertiary/aromatic N) is 4. The van der Waals surface area contributed by atoms with Crippen LogP contribution in [0.3, 0.4) is 0 Å². The van der Waals surface area contributed by atoms with E-state index in [2.05, 4.69) is 35.6 Å². The Hall–Kier alpha value is -3.75. The number of nitrogens with one attached hydrogen (secondary N) is 3. The van der Waals surface area contributed by atoms with Gasteiger partial charge in [-0.1, -0.05) is 6.07 Å². The Morgan fingerprint density at radius 3 is 2.71 bits per heavy atom. The first-order valence-corrected chi connectivity index (χ1v) is 10.1. The smallest absolute Gasteiger partial charge is 0.228 e. The number of H-pyrrole nitrogens is 1. The average molecular weight is 417 g/mol. The van der Waals surface area contributed by atoms with Crippen LogP contribution in [0.1, 0.15) is 26.7 Å². The lowest BCUT2D eigenvalue weighted by molar-refractivity contribution is -0.121. The minimum atomic E-state index is -0.184. The molecular formula is C22H23N7O2. The zero-order valence-electron chi connectivity index (χ0n) is 17.6. The lowest BCUT2D eigenvalue weighted by Gasteiger charge is -2.45. The molecule has 1 amide bonds. The summed E-state index contributed by atoms with van der Waals surface area (Å²) < 4.78 is 5.61.